The first-order chi connectivity index (χ1) is 9.28. The Hall–Kier alpha value is -0.750. The highest BCUT2D eigenvalue weighted by atomic mass is 32.2. The molecule has 1 heterocycles. The van der Waals surface area contributed by atoms with Crippen LogP contribution in [-0.4, -0.2) is 64.5 Å². The zero-order valence-electron chi connectivity index (χ0n) is 13.2. The molecule has 0 aromatic heterocycles. The number of carbonyl (C=O) groups is 2. The number of nitrogens with one attached hydrogen (secondary N) is 1. The molecule has 5 nitrogen and oxygen atoms in total. The van der Waals surface area contributed by atoms with E-state index in [1.807, 2.05) is 34.6 Å². The number of hydrogen-bond acceptors (Lipinski definition) is 4. The van der Waals surface area contributed by atoms with E-state index >= 15 is 0 Å². The van der Waals surface area contributed by atoms with Gasteiger partial charge < -0.3 is 10.2 Å². The fraction of sp³-hybridized carbons (Fsp3) is 0.857. The maximum absolute atomic E-state index is 12.3. The summed E-state index contributed by atoms with van der Waals surface area (Å²) in [5.41, 5.74) is -0.266. The van der Waals surface area contributed by atoms with Gasteiger partial charge in [0.1, 0.15) is 6.04 Å². The van der Waals surface area contributed by atoms with Crippen LogP contribution in [-0.2, 0) is 9.59 Å². The third-order valence-electron chi connectivity index (χ3n) is 3.26. The molecule has 6 heteroatoms. The lowest BCUT2D eigenvalue weighted by Gasteiger charge is -2.29. The van der Waals surface area contributed by atoms with Gasteiger partial charge in [0.25, 0.3) is 0 Å². The smallest absolute Gasteiger partial charge is 0.244 e. The maximum Gasteiger partial charge on any atom is 0.244 e. The first-order valence-corrected chi connectivity index (χ1v) is 8.35. The average Bonchev–Trinajstić information content (AvgIpc) is 2.82. The maximum atomic E-state index is 12.3. The molecule has 116 valence electrons. The van der Waals surface area contributed by atoms with Gasteiger partial charge in [-0.05, 0) is 33.9 Å². The van der Waals surface area contributed by atoms with Crippen molar-refractivity contribution in [1.82, 2.24) is 15.1 Å². The van der Waals surface area contributed by atoms with Crippen LogP contribution >= 0.6 is 11.8 Å². The summed E-state index contributed by atoms with van der Waals surface area (Å²) < 4.78 is 0. The number of likely N-dealkylation sites (N-methyl/N-ethyl adjacent to an activating group) is 1. The van der Waals surface area contributed by atoms with Gasteiger partial charge in [0.2, 0.25) is 11.8 Å². The molecular weight excluding hydrogens is 274 g/mol. The van der Waals surface area contributed by atoms with Crippen molar-refractivity contribution in [3.05, 3.63) is 0 Å². The van der Waals surface area contributed by atoms with Crippen LogP contribution in [0.25, 0.3) is 0 Å². The first-order valence-electron chi connectivity index (χ1n) is 7.20. The van der Waals surface area contributed by atoms with Crippen molar-refractivity contribution in [3.63, 3.8) is 0 Å². The van der Waals surface area contributed by atoms with E-state index < -0.39 is 0 Å². The Morgan fingerprint density at radius 3 is 2.40 bits per heavy atom. The molecular formula is C14H27N3O2S. The third-order valence-corrected chi connectivity index (χ3v) is 4.27. The molecule has 20 heavy (non-hydrogen) atoms. The molecule has 2 amide bonds. The molecule has 1 N–H and O–H groups in total. The van der Waals surface area contributed by atoms with E-state index in [1.54, 1.807) is 16.7 Å². The second-order valence-electron chi connectivity index (χ2n) is 6.08. The Kier molecular flexibility index (Phi) is 6.33. The number of carbonyl (C=O) groups excluding carboxylic acids is 2. The summed E-state index contributed by atoms with van der Waals surface area (Å²) in [4.78, 5) is 28.4. The molecule has 0 radical (unpaired) electrons. The topological polar surface area (TPSA) is 52.7 Å². The van der Waals surface area contributed by atoms with E-state index in [0.717, 1.165) is 13.1 Å². The van der Waals surface area contributed by atoms with Crippen molar-refractivity contribution >= 4 is 23.6 Å². The van der Waals surface area contributed by atoms with Crippen LogP contribution < -0.4 is 5.32 Å². The van der Waals surface area contributed by atoms with E-state index in [9.17, 15) is 9.59 Å². The summed E-state index contributed by atoms with van der Waals surface area (Å²) in [7, 11) is 0. The second kappa shape index (κ2) is 7.31. The van der Waals surface area contributed by atoms with Gasteiger partial charge in [-0.3, -0.25) is 14.5 Å². The normalized spacial score (nSPS) is 19.5. The number of rotatable bonds is 5. The van der Waals surface area contributed by atoms with Gasteiger partial charge in [0.15, 0.2) is 0 Å². The van der Waals surface area contributed by atoms with Crippen molar-refractivity contribution in [2.75, 3.05) is 31.3 Å². The molecule has 0 aromatic rings. The molecule has 1 aliphatic heterocycles. The van der Waals surface area contributed by atoms with Gasteiger partial charge in [-0.2, -0.15) is 0 Å². The monoisotopic (exact) mass is 301 g/mol. The van der Waals surface area contributed by atoms with Crippen LogP contribution in [0.15, 0.2) is 0 Å². The van der Waals surface area contributed by atoms with Gasteiger partial charge in [0.05, 0.1) is 12.4 Å². The molecule has 1 fully saturated rings. The van der Waals surface area contributed by atoms with Crippen molar-refractivity contribution in [1.29, 1.82) is 0 Å². The van der Waals surface area contributed by atoms with Gasteiger partial charge in [-0.15, -0.1) is 11.8 Å². The Balaban J connectivity index is 2.64. The van der Waals surface area contributed by atoms with Crippen LogP contribution in [0.5, 0.6) is 0 Å². The highest BCUT2D eigenvalue weighted by molar-refractivity contribution is 7.99. The van der Waals surface area contributed by atoms with Crippen LogP contribution in [0.2, 0.25) is 0 Å². The highest BCUT2D eigenvalue weighted by Gasteiger charge is 2.35. The molecule has 1 atom stereocenters. The predicted octanol–water partition coefficient (Wildman–Crippen LogP) is 1.14. The second-order valence-corrected chi connectivity index (χ2v) is 7.08. The number of amides is 2. The minimum absolute atomic E-state index is 0.0459. The van der Waals surface area contributed by atoms with Gasteiger partial charge in [-0.1, -0.05) is 13.8 Å². The Morgan fingerprint density at radius 1 is 1.30 bits per heavy atom. The van der Waals surface area contributed by atoms with Gasteiger partial charge in [-0.25, -0.2) is 0 Å². The Morgan fingerprint density at radius 2 is 1.90 bits per heavy atom. The van der Waals surface area contributed by atoms with Crippen LogP contribution in [0.4, 0.5) is 0 Å². The minimum Gasteiger partial charge on any atom is -0.350 e. The zero-order chi connectivity index (χ0) is 15.3. The van der Waals surface area contributed by atoms with Crippen LogP contribution in [0.3, 0.4) is 0 Å². The fourth-order valence-corrected chi connectivity index (χ4v) is 3.27. The van der Waals surface area contributed by atoms with Gasteiger partial charge in [0, 0.05) is 11.3 Å². The van der Waals surface area contributed by atoms with Crippen molar-refractivity contribution in [3.8, 4) is 0 Å². The van der Waals surface area contributed by atoms with Crippen LogP contribution in [0.1, 0.15) is 34.6 Å². The quantitative estimate of drug-likeness (QED) is 0.827. The van der Waals surface area contributed by atoms with E-state index in [0.29, 0.717) is 18.2 Å². The summed E-state index contributed by atoms with van der Waals surface area (Å²) in [6.07, 6.45) is 0. The van der Waals surface area contributed by atoms with E-state index in [1.165, 1.54) is 0 Å². The average molecular weight is 301 g/mol. The minimum atomic E-state index is -0.331. The summed E-state index contributed by atoms with van der Waals surface area (Å²) >= 11 is 1.64. The molecule has 0 aromatic carbocycles. The lowest BCUT2D eigenvalue weighted by Crippen LogP contribution is -2.53. The van der Waals surface area contributed by atoms with E-state index in [4.69, 9.17) is 0 Å². The molecule has 0 bridgehead atoms. The standard InChI is InChI=1S/C14H27N3O2S/c1-6-16(7-2)8-12(18)17-10-20-9-11(17)13(19)15-14(3,4)5/h11H,6-10H2,1-5H3,(H,15,19)/t11-/m1/s1. The van der Waals surface area contributed by atoms with Crippen molar-refractivity contribution in [2.24, 2.45) is 0 Å². The SMILES string of the molecule is CCN(CC)CC(=O)N1CSC[C@@H]1C(=O)NC(C)(C)C. The zero-order valence-corrected chi connectivity index (χ0v) is 14.0. The lowest BCUT2D eigenvalue weighted by atomic mass is 10.1. The van der Waals surface area contributed by atoms with Crippen LogP contribution in [0, 0.1) is 0 Å². The first kappa shape index (κ1) is 17.3. The molecule has 1 rings (SSSR count). The highest BCUT2D eigenvalue weighted by Crippen LogP contribution is 2.22. The number of thioether (sulfide) groups is 1. The summed E-state index contributed by atoms with van der Waals surface area (Å²) in [5.74, 6) is 1.30. The summed E-state index contributed by atoms with van der Waals surface area (Å²) in [6, 6.07) is -0.331. The lowest BCUT2D eigenvalue weighted by molar-refractivity contribution is -0.139. The third kappa shape index (κ3) is 4.98. The number of hydrogen-bond donors (Lipinski definition) is 1. The van der Waals surface area contributed by atoms with E-state index in [2.05, 4.69) is 10.2 Å². The largest absolute Gasteiger partial charge is 0.350 e. The Bertz CT molecular complexity index is 351. The molecule has 1 aliphatic rings. The fourth-order valence-electron chi connectivity index (χ4n) is 2.09. The molecule has 0 saturated carbocycles. The van der Waals surface area contributed by atoms with Crippen molar-refractivity contribution in [2.45, 2.75) is 46.2 Å². The molecule has 0 unspecified atom stereocenters. The van der Waals surface area contributed by atoms with E-state index in [-0.39, 0.29) is 23.4 Å². The van der Waals surface area contributed by atoms with Gasteiger partial charge >= 0.3 is 0 Å². The molecule has 0 spiro atoms. The molecule has 0 aliphatic carbocycles. The predicted molar refractivity (Wildman–Crippen MR) is 83.6 cm³/mol. The number of nitrogens with zero attached hydrogens (tertiary/aromatic N) is 2. The summed E-state index contributed by atoms with van der Waals surface area (Å²) in [6.45, 7) is 12.0. The summed E-state index contributed by atoms with van der Waals surface area (Å²) in [5, 5.41) is 2.97. The Labute approximate surface area is 126 Å². The molecule has 1 saturated heterocycles. The van der Waals surface area contributed by atoms with Crippen molar-refractivity contribution < 1.29 is 9.59 Å².